The number of hydrogen-bond acceptors (Lipinski definition) is 5. The monoisotopic (exact) mass is 391 g/mol. The number of ether oxygens (including phenoxy) is 3. The Labute approximate surface area is 165 Å². The lowest BCUT2D eigenvalue weighted by atomic mass is 10.1. The Morgan fingerprint density at radius 1 is 1.15 bits per heavy atom. The summed E-state index contributed by atoms with van der Waals surface area (Å²) < 4.78 is 16.3. The molecule has 0 radical (unpaired) electrons. The van der Waals surface area contributed by atoms with Crippen molar-refractivity contribution < 1.29 is 14.2 Å². The Morgan fingerprint density at radius 2 is 1.85 bits per heavy atom. The number of aliphatic imine (C=N–C) groups is 1. The molecule has 0 aliphatic heterocycles. The number of thiophene rings is 1. The Bertz CT molecular complexity index is 707. The number of nitrogens with zero attached hydrogens (tertiary/aromatic N) is 1. The third-order valence-electron chi connectivity index (χ3n) is 4.12. The second-order valence-corrected chi connectivity index (χ2v) is 6.88. The summed E-state index contributed by atoms with van der Waals surface area (Å²) in [6.45, 7) is 5.60. The molecule has 0 saturated heterocycles. The summed E-state index contributed by atoms with van der Waals surface area (Å²) in [5.74, 6) is 2.98. The van der Waals surface area contributed by atoms with Crippen molar-refractivity contribution in [3.8, 4) is 17.2 Å². The van der Waals surface area contributed by atoms with Crippen LogP contribution < -0.4 is 24.8 Å². The molecule has 0 saturated carbocycles. The van der Waals surface area contributed by atoms with Crippen molar-refractivity contribution in [2.75, 3.05) is 34.4 Å². The van der Waals surface area contributed by atoms with E-state index in [0.717, 1.165) is 29.6 Å². The lowest BCUT2D eigenvalue weighted by molar-refractivity contribution is 0.369. The van der Waals surface area contributed by atoms with E-state index in [1.165, 1.54) is 4.88 Å². The molecule has 1 aromatic heterocycles. The summed E-state index contributed by atoms with van der Waals surface area (Å²) in [6, 6.07) is 8.12. The van der Waals surface area contributed by atoms with Crippen LogP contribution in [0.4, 0.5) is 0 Å². The maximum atomic E-state index is 5.51. The first-order chi connectivity index (χ1) is 13.1. The molecule has 0 amide bonds. The number of hydrogen-bond donors (Lipinski definition) is 2. The minimum absolute atomic E-state index is 0.202. The molecule has 1 heterocycles. The summed E-state index contributed by atoms with van der Waals surface area (Å²) >= 11 is 1.73. The molecule has 6 nitrogen and oxygen atoms in total. The molecule has 7 heteroatoms. The summed E-state index contributed by atoms with van der Waals surface area (Å²) in [5, 5.41) is 8.83. The molecule has 1 unspecified atom stereocenters. The molecule has 1 aromatic carbocycles. The lowest BCUT2D eigenvalue weighted by Gasteiger charge is -2.17. The zero-order valence-corrected chi connectivity index (χ0v) is 17.5. The molecule has 148 valence electrons. The summed E-state index contributed by atoms with van der Waals surface area (Å²) in [6.07, 6.45) is 0.695. The highest BCUT2D eigenvalue weighted by Gasteiger charge is 2.13. The van der Waals surface area contributed by atoms with E-state index in [0.29, 0.717) is 18.7 Å². The fourth-order valence-corrected chi connectivity index (χ4v) is 3.47. The first-order valence-corrected chi connectivity index (χ1v) is 9.88. The largest absolute Gasteiger partial charge is 0.496 e. The van der Waals surface area contributed by atoms with Crippen LogP contribution in [0.25, 0.3) is 0 Å². The first kappa shape index (κ1) is 20.9. The highest BCUT2D eigenvalue weighted by Crippen LogP contribution is 2.34. The summed E-state index contributed by atoms with van der Waals surface area (Å²) in [7, 11) is 4.92. The minimum Gasteiger partial charge on any atom is -0.496 e. The maximum Gasteiger partial charge on any atom is 0.191 e. The second-order valence-electron chi connectivity index (χ2n) is 5.90. The predicted octanol–water partition coefficient (Wildman–Crippen LogP) is 3.63. The van der Waals surface area contributed by atoms with Crippen molar-refractivity contribution in [1.29, 1.82) is 0 Å². The molecule has 0 fully saturated rings. The van der Waals surface area contributed by atoms with Gasteiger partial charge in [0.2, 0.25) is 0 Å². The number of benzene rings is 1. The van der Waals surface area contributed by atoms with Crippen molar-refractivity contribution >= 4 is 17.3 Å². The van der Waals surface area contributed by atoms with Gasteiger partial charge < -0.3 is 24.8 Å². The van der Waals surface area contributed by atoms with Crippen molar-refractivity contribution in [1.82, 2.24) is 10.6 Å². The quantitative estimate of drug-likeness (QED) is 0.505. The van der Waals surface area contributed by atoms with Crippen LogP contribution in [0.3, 0.4) is 0 Å². The third kappa shape index (κ3) is 5.79. The lowest BCUT2D eigenvalue weighted by Crippen LogP contribution is -2.38. The molecular weight excluding hydrogens is 362 g/mol. The predicted molar refractivity (Wildman–Crippen MR) is 112 cm³/mol. The standard InChI is InChI=1S/C20H29N3O3S/c1-6-21-20(23-14(2)19-8-7-11-27-19)22-10-9-16-17(25-4)12-15(24-3)13-18(16)26-5/h7-8,11-14H,6,9-10H2,1-5H3,(H2,21,22,23). The van der Waals surface area contributed by atoms with E-state index >= 15 is 0 Å². The Hall–Kier alpha value is -2.41. The van der Waals surface area contributed by atoms with Crippen molar-refractivity contribution in [2.45, 2.75) is 26.3 Å². The van der Waals surface area contributed by atoms with E-state index in [9.17, 15) is 0 Å². The zero-order valence-electron chi connectivity index (χ0n) is 16.7. The molecule has 27 heavy (non-hydrogen) atoms. The Balaban J connectivity index is 2.10. The van der Waals surface area contributed by atoms with Crippen molar-refractivity contribution in [3.05, 3.63) is 40.1 Å². The molecule has 0 aliphatic rings. The van der Waals surface area contributed by atoms with Gasteiger partial charge in [0.25, 0.3) is 0 Å². The van der Waals surface area contributed by atoms with Crippen LogP contribution in [0, 0.1) is 0 Å². The van der Waals surface area contributed by atoms with Gasteiger partial charge in [-0.3, -0.25) is 4.99 Å². The van der Waals surface area contributed by atoms with Crippen LogP contribution in [0.1, 0.15) is 30.3 Å². The van der Waals surface area contributed by atoms with E-state index in [1.54, 1.807) is 32.7 Å². The average Bonchev–Trinajstić information content (AvgIpc) is 3.22. The molecule has 2 rings (SSSR count). The fourth-order valence-electron chi connectivity index (χ4n) is 2.74. The SMILES string of the molecule is CCNC(=NCCc1c(OC)cc(OC)cc1OC)NC(C)c1cccs1. The smallest absolute Gasteiger partial charge is 0.191 e. The van der Waals surface area contributed by atoms with Gasteiger partial charge in [0, 0.05) is 35.7 Å². The van der Waals surface area contributed by atoms with Gasteiger partial charge >= 0.3 is 0 Å². The summed E-state index contributed by atoms with van der Waals surface area (Å²) in [4.78, 5) is 5.99. The molecule has 1 atom stereocenters. The molecule has 2 aromatic rings. The van der Waals surface area contributed by atoms with E-state index < -0.39 is 0 Å². The van der Waals surface area contributed by atoms with Crippen LogP contribution in [0.15, 0.2) is 34.6 Å². The van der Waals surface area contributed by atoms with Gasteiger partial charge in [-0.1, -0.05) is 6.07 Å². The van der Waals surface area contributed by atoms with Gasteiger partial charge in [-0.25, -0.2) is 0 Å². The van der Waals surface area contributed by atoms with Gasteiger partial charge in [-0.05, 0) is 31.7 Å². The van der Waals surface area contributed by atoms with Gasteiger partial charge in [0.05, 0.1) is 27.4 Å². The van der Waals surface area contributed by atoms with E-state index in [1.807, 2.05) is 12.1 Å². The van der Waals surface area contributed by atoms with Gasteiger partial charge in [0.1, 0.15) is 17.2 Å². The van der Waals surface area contributed by atoms with Crippen molar-refractivity contribution in [3.63, 3.8) is 0 Å². The van der Waals surface area contributed by atoms with Crippen LogP contribution >= 0.6 is 11.3 Å². The first-order valence-electron chi connectivity index (χ1n) is 9.00. The Kier molecular flexibility index (Phi) is 8.26. The van der Waals surface area contributed by atoms with Gasteiger partial charge in [-0.2, -0.15) is 0 Å². The third-order valence-corrected chi connectivity index (χ3v) is 5.17. The van der Waals surface area contributed by atoms with E-state index in [4.69, 9.17) is 19.2 Å². The molecular formula is C20H29N3O3S. The van der Waals surface area contributed by atoms with Crippen LogP contribution in [-0.2, 0) is 6.42 Å². The van der Waals surface area contributed by atoms with Crippen LogP contribution in [0.5, 0.6) is 17.2 Å². The van der Waals surface area contributed by atoms with Gasteiger partial charge in [-0.15, -0.1) is 11.3 Å². The number of rotatable bonds is 9. The van der Waals surface area contributed by atoms with Gasteiger partial charge in [0.15, 0.2) is 5.96 Å². The zero-order chi connectivity index (χ0) is 19.6. The number of methoxy groups -OCH3 is 3. The molecule has 2 N–H and O–H groups in total. The topological polar surface area (TPSA) is 64.1 Å². The summed E-state index contributed by atoms with van der Waals surface area (Å²) in [5.41, 5.74) is 0.978. The van der Waals surface area contributed by atoms with Crippen LogP contribution in [0.2, 0.25) is 0 Å². The highest BCUT2D eigenvalue weighted by molar-refractivity contribution is 7.10. The van der Waals surface area contributed by atoms with Crippen LogP contribution in [-0.4, -0.2) is 40.4 Å². The normalized spacial score (nSPS) is 12.4. The number of guanidine groups is 1. The highest BCUT2D eigenvalue weighted by atomic mass is 32.1. The maximum absolute atomic E-state index is 5.51. The number of nitrogens with one attached hydrogen (secondary N) is 2. The fraction of sp³-hybridized carbons (Fsp3) is 0.450. The van der Waals surface area contributed by atoms with E-state index in [-0.39, 0.29) is 6.04 Å². The second kappa shape index (κ2) is 10.7. The molecule has 0 spiro atoms. The molecule has 0 aliphatic carbocycles. The molecule has 0 bridgehead atoms. The average molecular weight is 392 g/mol. The van der Waals surface area contributed by atoms with Crippen molar-refractivity contribution in [2.24, 2.45) is 4.99 Å². The Morgan fingerprint density at radius 3 is 2.37 bits per heavy atom. The minimum atomic E-state index is 0.202. The van der Waals surface area contributed by atoms with E-state index in [2.05, 4.69) is 42.0 Å².